The minimum atomic E-state index is -0.283. The van der Waals surface area contributed by atoms with Crippen LogP contribution in [-0.4, -0.2) is 48.8 Å². The number of carbonyl (C=O) groups excluding carboxylic acids is 2. The monoisotopic (exact) mass is 443 g/mol. The summed E-state index contributed by atoms with van der Waals surface area (Å²) in [6.45, 7) is 2.50. The van der Waals surface area contributed by atoms with Crippen molar-refractivity contribution in [3.8, 4) is 5.69 Å². The number of amides is 3. The Kier molecular flexibility index (Phi) is 5.51. The van der Waals surface area contributed by atoms with Crippen molar-refractivity contribution >= 4 is 28.7 Å². The third-order valence-electron chi connectivity index (χ3n) is 6.60. The molecule has 2 atom stereocenters. The molecule has 3 amide bonds. The first-order valence-corrected chi connectivity index (χ1v) is 11.3. The van der Waals surface area contributed by atoms with Crippen LogP contribution in [0.15, 0.2) is 67.0 Å². The predicted octanol–water partition coefficient (Wildman–Crippen LogP) is 4.44. The average Bonchev–Trinajstić information content (AvgIpc) is 3.57. The largest absolute Gasteiger partial charge is 0.428 e. The number of H-pyrrole nitrogens is 1. The number of aryl methyl sites for hydroxylation is 1. The van der Waals surface area contributed by atoms with Gasteiger partial charge >= 0.3 is 11.9 Å². The molecule has 0 radical (unpaired) electrons. The smallest absolute Gasteiger partial charge is 0.342 e. The van der Waals surface area contributed by atoms with Gasteiger partial charge in [-0.3, -0.25) is 5.32 Å². The number of para-hydroxylation sites is 4. The molecule has 1 fully saturated rings. The second kappa shape index (κ2) is 8.63. The maximum atomic E-state index is 13.6. The van der Waals surface area contributed by atoms with Gasteiger partial charge in [-0.1, -0.05) is 24.3 Å². The van der Waals surface area contributed by atoms with Gasteiger partial charge in [-0.15, -0.1) is 0 Å². The van der Waals surface area contributed by atoms with Crippen molar-refractivity contribution in [2.45, 2.75) is 38.6 Å². The summed E-state index contributed by atoms with van der Waals surface area (Å²) in [5.41, 5.74) is 3.22. The first kappa shape index (κ1) is 21.1. The van der Waals surface area contributed by atoms with Gasteiger partial charge in [0.1, 0.15) is 11.9 Å². The summed E-state index contributed by atoms with van der Waals surface area (Å²) in [4.78, 5) is 35.1. The molecule has 3 heterocycles. The molecule has 0 aliphatic carbocycles. The molecule has 2 N–H and O–H groups in total. The zero-order valence-corrected chi connectivity index (χ0v) is 18.6. The van der Waals surface area contributed by atoms with Crippen LogP contribution in [0.2, 0.25) is 0 Å². The summed E-state index contributed by atoms with van der Waals surface area (Å²) in [5.74, 6) is 0.688. The lowest BCUT2D eigenvalue weighted by Crippen LogP contribution is -2.60. The van der Waals surface area contributed by atoms with Crippen molar-refractivity contribution in [2.75, 3.05) is 11.9 Å². The highest BCUT2D eigenvalue weighted by Crippen LogP contribution is 2.31. The SMILES string of the molecule is C[C@@H]1CCC[N+]1(C(=O)CCc1nc2ccccc2[nH]1)C(=O)Nc1ccccc1-n1cccn1. The van der Waals surface area contributed by atoms with Gasteiger partial charge < -0.3 is 4.98 Å². The Morgan fingerprint density at radius 1 is 1.15 bits per heavy atom. The summed E-state index contributed by atoms with van der Waals surface area (Å²) < 4.78 is 1.52. The number of anilines is 1. The van der Waals surface area contributed by atoms with Crippen molar-refractivity contribution in [1.82, 2.24) is 19.7 Å². The molecule has 8 heteroatoms. The van der Waals surface area contributed by atoms with Crippen molar-refractivity contribution < 1.29 is 14.1 Å². The van der Waals surface area contributed by atoms with Crippen LogP contribution in [0.1, 0.15) is 32.0 Å². The van der Waals surface area contributed by atoms with E-state index >= 15 is 0 Å². The number of aromatic amines is 1. The molecule has 5 rings (SSSR count). The number of urea groups is 1. The average molecular weight is 444 g/mol. The Balaban J connectivity index is 1.37. The number of nitrogens with zero attached hydrogens (tertiary/aromatic N) is 4. The van der Waals surface area contributed by atoms with Crippen molar-refractivity contribution in [1.29, 1.82) is 0 Å². The van der Waals surface area contributed by atoms with Gasteiger partial charge in [0.2, 0.25) is 0 Å². The number of fused-ring (bicyclic) bond motifs is 1. The molecule has 0 bridgehead atoms. The van der Waals surface area contributed by atoms with Crippen LogP contribution in [0.4, 0.5) is 10.5 Å². The van der Waals surface area contributed by atoms with E-state index in [4.69, 9.17) is 0 Å². The van der Waals surface area contributed by atoms with E-state index < -0.39 is 0 Å². The highest BCUT2D eigenvalue weighted by atomic mass is 16.2. The summed E-state index contributed by atoms with van der Waals surface area (Å²) in [6, 6.07) is 16.8. The number of carbonyl (C=O) groups is 2. The lowest BCUT2D eigenvalue weighted by molar-refractivity contribution is -0.782. The van der Waals surface area contributed by atoms with Gasteiger partial charge in [0.25, 0.3) is 0 Å². The molecule has 33 heavy (non-hydrogen) atoms. The zero-order valence-electron chi connectivity index (χ0n) is 18.6. The summed E-state index contributed by atoms with van der Waals surface area (Å²) >= 11 is 0. The Morgan fingerprint density at radius 3 is 2.73 bits per heavy atom. The number of imidazole rings is 1. The topological polar surface area (TPSA) is 92.7 Å². The van der Waals surface area contributed by atoms with Crippen LogP contribution in [0.3, 0.4) is 0 Å². The Labute approximate surface area is 191 Å². The molecule has 4 aromatic rings. The van der Waals surface area contributed by atoms with E-state index in [0.29, 0.717) is 18.7 Å². The van der Waals surface area contributed by atoms with Gasteiger partial charge in [0.05, 0.1) is 35.4 Å². The van der Waals surface area contributed by atoms with Gasteiger partial charge in [-0.25, -0.2) is 19.3 Å². The fourth-order valence-corrected chi connectivity index (χ4v) is 4.82. The highest BCUT2D eigenvalue weighted by Gasteiger charge is 2.52. The molecule has 168 valence electrons. The van der Waals surface area contributed by atoms with Crippen LogP contribution in [0.25, 0.3) is 16.7 Å². The number of nitrogens with one attached hydrogen (secondary N) is 2. The second-order valence-electron chi connectivity index (χ2n) is 8.58. The molecular formula is C25H27N6O2+. The summed E-state index contributed by atoms with van der Waals surface area (Å²) in [5, 5.41) is 7.32. The number of rotatable bonds is 5. The van der Waals surface area contributed by atoms with Gasteiger partial charge in [0, 0.05) is 31.7 Å². The number of hydrogen-bond donors (Lipinski definition) is 2. The highest BCUT2D eigenvalue weighted by molar-refractivity contribution is 5.94. The standard InChI is InChI=1S/C25H26N6O2/c1-18-8-6-17-31(18,24(32)14-13-23-27-19-9-2-3-10-20(19)28-23)25(33)29-21-11-4-5-12-22(21)30-16-7-15-26-30/h2-5,7,9-12,15-16,18H,6,8,13-14,17H2,1H3,(H-,27,28,29,33)/p+1/t18-,31?/m1/s1. The molecule has 2 aromatic heterocycles. The fraction of sp³-hybridized carbons (Fsp3) is 0.280. The zero-order chi connectivity index (χ0) is 22.8. The van der Waals surface area contributed by atoms with Gasteiger partial charge in [0.15, 0.2) is 0 Å². The van der Waals surface area contributed by atoms with Crippen LogP contribution < -0.4 is 5.32 Å². The molecule has 1 unspecified atom stereocenters. The molecule has 8 nitrogen and oxygen atoms in total. The van der Waals surface area contributed by atoms with E-state index in [1.165, 1.54) is 0 Å². The molecule has 1 aliphatic heterocycles. The summed E-state index contributed by atoms with van der Waals surface area (Å²) in [6.07, 6.45) is 5.91. The van der Waals surface area contributed by atoms with E-state index in [-0.39, 0.29) is 28.9 Å². The molecular weight excluding hydrogens is 416 g/mol. The molecule has 0 saturated carbocycles. The predicted molar refractivity (Wildman–Crippen MR) is 126 cm³/mol. The van der Waals surface area contributed by atoms with E-state index in [1.807, 2.05) is 67.7 Å². The minimum Gasteiger partial charge on any atom is -0.342 e. The fourth-order valence-electron chi connectivity index (χ4n) is 4.82. The number of aromatic nitrogens is 4. The molecule has 1 aliphatic rings. The van der Waals surface area contributed by atoms with Crippen LogP contribution >= 0.6 is 0 Å². The third-order valence-corrected chi connectivity index (χ3v) is 6.60. The van der Waals surface area contributed by atoms with Crippen LogP contribution in [0, 0.1) is 0 Å². The van der Waals surface area contributed by atoms with E-state index in [2.05, 4.69) is 20.4 Å². The third kappa shape index (κ3) is 3.82. The maximum absolute atomic E-state index is 13.6. The quantitative estimate of drug-likeness (QED) is 0.446. The first-order valence-electron chi connectivity index (χ1n) is 11.3. The molecule has 0 spiro atoms. The molecule has 1 saturated heterocycles. The van der Waals surface area contributed by atoms with E-state index in [0.717, 1.165) is 35.4 Å². The number of quaternary nitrogens is 1. The number of likely N-dealkylation sites (tertiary alicyclic amines) is 1. The first-order chi connectivity index (χ1) is 16.1. The number of benzene rings is 2. The van der Waals surface area contributed by atoms with E-state index in [1.54, 1.807) is 10.9 Å². The Hall–Kier alpha value is -3.78. The Morgan fingerprint density at radius 2 is 1.97 bits per heavy atom. The summed E-state index contributed by atoms with van der Waals surface area (Å²) in [7, 11) is 0. The second-order valence-corrected chi connectivity index (χ2v) is 8.58. The van der Waals surface area contributed by atoms with Gasteiger partial charge in [-0.2, -0.15) is 9.58 Å². The van der Waals surface area contributed by atoms with Gasteiger partial charge in [-0.05, 0) is 37.3 Å². The van der Waals surface area contributed by atoms with Crippen molar-refractivity contribution in [3.05, 3.63) is 72.8 Å². The van der Waals surface area contributed by atoms with Crippen LogP contribution in [-0.2, 0) is 11.2 Å². The Bertz CT molecular complexity index is 1260. The van der Waals surface area contributed by atoms with E-state index in [9.17, 15) is 9.59 Å². The number of imide groups is 1. The van der Waals surface area contributed by atoms with Crippen LogP contribution in [0.5, 0.6) is 0 Å². The lowest BCUT2D eigenvalue weighted by Gasteiger charge is -2.33. The maximum Gasteiger partial charge on any atom is 0.428 e. The molecule has 2 aromatic carbocycles. The lowest BCUT2D eigenvalue weighted by atomic mass is 10.2. The normalized spacial score (nSPS) is 20.2. The van der Waals surface area contributed by atoms with Crippen molar-refractivity contribution in [3.63, 3.8) is 0 Å². The number of hydrogen-bond acceptors (Lipinski definition) is 4. The van der Waals surface area contributed by atoms with Crippen molar-refractivity contribution in [2.24, 2.45) is 0 Å². The minimum absolute atomic E-state index is 0.0745.